The topological polar surface area (TPSA) is 60.1 Å². The van der Waals surface area contributed by atoms with Crippen molar-refractivity contribution in [1.29, 1.82) is 0 Å². The van der Waals surface area contributed by atoms with Crippen molar-refractivity contribution in [3.8, 4) is 5.69 Å². The van der Waals surface area contributed by atoms with E-state index in [0.717, 1.165) is 22.8 Å². The number of furan rings is 1. The Bertz CT molecular complexity index is 755. The van der Waals surface area contributed by atoms with Gasteiger partial charge in [-0.15, -0.1) is 0 Å². The lowest BCUT2D eigenvalue weighted by molar-refractivity contribution is 0.0996. The summed E-state index contributed by atoms with van der Waals surface area (Å²) >= 11 is 0. The summed E-state index contributed by atoms with van der Waals surface area (Å²) in [6.45, 7) is 4.00. The highest BCUT2D eigenvalue weighted by atomic mass is 16.3. The fourth-order valence-corrected chi connectivity index (χ4v) is 2.06. The summed E-state index contributed by atoms with van der Waals surface area (Å²) in [5.41, 5.74) is 3.83. The highest BCUT2D eigenvalue weighted by molar-refractivity contribution is 6.02. The van der Waals surface area contributed by atoms with Crippen LogP contribution < -0.4 is 5.32 Å². The highest BCUT2D eigenvalue weighted by Gasteiger charge is 2.09. The molecule has 106 valence electrons. The molecule has 1 amide bonds. The van der Waals surface area contributed by atoms with Gasteiger partial charge in [0, 0.05) is 17.1 Å². The third-order valence-corrected chi connectivity index (χ3v) is 3.40. The second-order valence-electron chi connectivity index (χ2n) is 4.76. The fraction of sp³-hybridized carbons (Fsp3) is 0.125. The van der Waals surface area contributed by atoms with Crippen molar-refractivity contribution in [1.82, 2.24) is 9.55 Å². The van der Waals surface area contributed by atoms with Crippen molar-refractivity contribution in [2.75, 3.05) is 5.32 Å². The van der Waals surface area contributed by atoms with Crippen LogP contribution in [0, 0.1) is 13.8 Å². The average molecular weight is 281 g/mol. The van der Waals surface area contributed by atoms with Gasteiger partial charge in [0.1, 0.15) is 0 Å². The largest absolute Gasteiger partial charge is 0.459 e. The molecule has 0 aliphatic rings. The fourth-order valence-electron chi connectivity index (χ4n) is 2.06. The smallest absolute Gasteiger partial charge is 0.291 e. The van der Waals surface area contributed by atoms with Crippen molar-refractivity contribution < 1.29 is 9.21 Å². The van der Waals surface area contributed by atoms with E-state index in [9.17, 15) is 4.79 Å². The van der Waals surface area contributed by atoms with Gasteiger partial charge >= 0.3 is 0 Å². The Morgan fingerprint density at radius 2 is 1.95 bits per heavy atom. The summed E-state index contributed by atoms with van der Waals surface area (Å²) < 4.78 is 7.06. The Kier molecular flexibility index (Phi) is 3.31. The molecule has 1 aromatic carbocycles. The lowest BCUT2D eigenvalue weighted by atomic mass is 10.2. The zero-order valence-electron chi connectivity index (χ0n) is 11.8. The van der Waals surface area contributed by atoms with Gasteiger partial charge in [0.05, 0.1) is 18.3 Å². The van der Waals surface area contributed by atoms with Gasteiger partial charge in [-0.3, -0.25) is 4.79 Å². The molecule has 0 aliphatic carbocycles. The number of carbonyl (C=O) groups excluding carboxylic acids is 1. The number of aromatic nitrogens is 2. The summed E-state index contributed by atoms with van der Waals surface area (Å²) in [6.07, 6.45) is 3.27. The zero-order chi connectivity index (χ0) is 14.8. The van der Waals surface area contributed by atoms with Crippen LogP contribution in [0.1, 0.15) is 21.9 Å². The molecule has 0 bridgehead atoms. The molecule has 3 rings (SSSR count). The second kappa shape index (κ2) is 5.28. The number of benzene rings is 1. The number of anilines is 1. The van der Waals surface area contributed by atoms with Gasteiger partial charge in [-0.2, -0.15) is 0 Å². The number of carbonyl (C=O) groups is 1. The molecule has 0 fully saturated rings. The molecule has 5 nitrogen and oxygen atoms in total. The molecule has 0 saturated carbocycles. The van der Waals surface area contributed by atoms with E-state index in [0.29, 0.717) is 5.76 Å². The molecule has 1 N–H and O–H groups in total. The molecular weight excluding hydrogens is 266 g/mol. The van der Waals surface area contributed by atoms with Gasteiger partial charge < -0.3 is 14.3 Å². The van der Waals surface area contributed by atoms with Crippen molar-refractivity contribution in [2.24, 2.45) is 0 Å². The monoisotopic (exact) mass is 281 g/mol. The first-order valence-electron chi connectivity index (χ1n) is 6.61. The van der Waals surface area contributed by atoms with Crippen molar-refractivity contribution >= 4 is 11.6 Å². The Labute approximate surface area is 122 Å². The molecule has 0 spiro atoms. The maximum absolute atomic E-state index is 11.9. The number of imidazole rings is 1. The Balaban J connectivity index is 1.78. The standard InChI is InChI=1S/C16H15N3O2/c1-11-12(2)19(10-17-11)14-7-5-13(6-8-14)18-16(20)15-4-3-9-21-15/h3-10H,1-2H3,(H,18,20). The van der Waals surface area contributed by atoms with Gasteiger partial charge in [-0.05, 0) is 50.2 Å². The van der Waals surface area contributed by atoms with Crippen LogP contribution in [0.15, 0.2) is 53.4 Å². The molecule has 5 heteroatoms. The normalized spacial score (nSPS) is 10.6. The molecule has 0 atom stereocenters. The van der Waals surface area contributed by atoms with E-state index in [2.05, 4.69) is 10.3 Å². The van der Waals surface area contributed by atoms with Crippen LogP contribution in [-0.4, -0.2) is 15.5 Å². The zero-order valence-corrected chi connectivity index (χ0v) is 11.8. The number of nitrogens with zero attached hydrogens (tertiary/aromatic N) is 2. The SMILES string of the molecule is Cc1ncn(-c2ccc(NC(=O)c3ccco3)cc2)c1C. The number of hydrogen-bond acceptors (Lipinski definition) is 3. The molecule has 0 unspecified atom stereocenters. The number of amides is 1. The van der Waals surface area contributed by atoms with E-state index >= 15 is 0 Å². The molecule has 21 heavy (non-hydrogen) atoms. The minimum absolute atomic E-state index is 0.262. The van der Waals surface area contributed by atoms with Gasteiger partial charge in [0.15, 0.2) is 5.76 Å². The minimum Gasteiger partial charge on any atom is -0.459 e. The number of hydrogen-bond donors (Lipinski definition) is 1. The third kappa shape index (κ3) is 2.58. The van der Waals surface area contributed by atoms with E-state index in [-0.39, 0.29) is 5.91 Å². The van der Waals surface area contributed by atoms with Gasteiger partial charge in [-0.25, -0.2) is 4.98 Å². The number of nitrogens with one attached hydrogen (secondary N) is 1. The van der Waals surface area contributed by atoms with Crippen LogP contribution in [-0.2, 0) is 0 Å². The van der Waals surface area contributed by atoms with E-state index in [1.165, 1.54) is 6.26 Å². The van der Waals surface area contributed by atoms with Crippen molar-refractivity contribution in [3.63, 3.8) is 0 Å². The van der Waals surface area contributed by atoms with Crippen molar-refractivity contribution in [3.05, 3.63) is 66.1 Å². The van der Waals surface area contributed by atoms with E-state index in [1.807, 2.05) is 42.7 Å². The van der Waals surface area contributed by atoms with Crippen LogP contribution in [0.5, 0.6) is 0 Å². The second-order valence-corrected chi connectivity index (χ2v) is 4.76. The first-order valence-corrected chi connectivity index (χ1v) is 6.61. The highest BCUT2D eigenvalue weighted by Crippen LogP contribution is 2.17. The summed E-state index contributed by atoms with van der Waals surface area (Å²) in [7, 11) is 0. The maximum atomic E-state index is 11.9. The van der Waals surface area contributed by atoms with Crippen LogP contribution in [0.3, 0.4) is 0 Å². The lowest BCUT2D eigenvalue weighted by Crippen LogP contribution is -2.10. The van der Waals surface area contributed by atoms with Crippen molar-refractivity contribution in [2.45, 2.75) is 13.8 Å². The summed E-state index contributed by atoms with van der Waals surface area (Å²) in [6, 6.07) is 10.9. The molecular formula is C16H15N3O2. The molecule has 0 aliphatic heterocycles. The number of aryl methyl sites for hydroxylation is 1. The predicted molar refractivity (Wildman–Crippen MR) is 79.7 cm³/mol. The molecule has 0 saturated heterocycles. The van der Waals surface area contributed by atoms with E-state index < -0.39 is 0 Å². The van der Waals surface area contributed by atoms with Gasteiger partial charge in [0.25, 0.3) is 5.91 Å². The van der Waals surface area contributed by atoms with Crippen LogP contribution in [0.2, 0.25) is 0 Å². The van der Waals surface area contributed by atoms with Gasteiger partial charge in [-0.1, -0.05) is 0 Å². The van der Waals surface area contributed by atoms with E-state index in [1.54, 1.807) is 18.5 Å². The number of rotatable bonds is 3. The summed E-state index contributed by atoms with van der Waals surface area (Å²) in [5, 5.41) is 2.79. The Morgan fingerprint density at radius 1 is 1.19 bits per heavy atom. The van der Waals surface area contributed by atoms with E-state index in [4.69, 9.17) is 4.42 Å². The van der Waals surface area contributed by atoms with Crippen LogP contribution in [0.4, 0.5) is 5.69 Å². The first-order chi connectivity index (χ1) is 10.1. The molecule has 2 aromatic heterocycles. The minimum atomic E-state index is -0.262. The first kappa shape index (κ1) is 13.2. The Hall–Kier alpha value is -2.82. The summed E-state index contributed by atoms with van der Waals surface area (Å²) in [4.78, 5) is 16.1. The molecule has 2 heterocycles. The lowest BCUT2D eigenvalue weighted by Gasteiger charge is -2.07. The molecule has 3 aromatic rings. The average Bonchev–Trinajstić information content (AvgIpc) is 3.12. The quantitative estimate of drug-likeness (QED) is 0.801. The van der Waals surface area contributed by atoms with Crippen LogP contribution >= 0.6 is 0 Å². The molecule has 0 radical (unpaired) electrons. The Morgan fingerprint density at radius 3 is 2.52 bits per heavy atom. The maximum Gasteiger partial charge on any atom is 0.291 e. The third-order valence-electron chi connectivity index (χ3n) is 3.40. The predicted octanol–water partition coefficient (Wildman–Crippen LogP) is 3.33. The summed E-state index contributed by atoms with van der Waals surface area (Å²) in [5.74, 6) is 0.0301. The van der Waals surface area contributed by atoms with Gasteiger partial charge in [0.2, 0.25) is 0 Å². The van der Waals surface area contributed by atoms with Crippen LogP contribution in [0.25, 0.3) is 5.69 Å².